The Labute approximate surface area is 196 Å². The van der Waals surface area contributed by atoms with Gasteiger partial charge in [-0.15, -0.1) is 0 Å². The molecule has 3 unspecified atom stereocenters. The summed E-state index contributed by atoms with van der Waals surface area (Å²) in [6.45, 7) is 3.43. The molecule has 0 aromatic heterocycles. The van der Waals surface area contributed by atoms with Crippen LogP contribution in [0.25, 0.3) is 6.08 Å². The molecule has 3 N–H and O–H groups in total. The van der Waals surface area contributed by atoms with Crippen LogP contribution in [0.2, 0.25) is 0 Å². The van der Waals surface area contributed by atoms with Gasteiger partial charge in [-0.1, -0.05) is 24.3 Å². The minimum atomic E-state index is -0.0981. The van der Waals surface area contributed by atoms with Crippen LogP contribution in [-0.2, 0) is 10.2 Å². The third kappa shape index (κ3) is 5.09. The van der Waals surface area contributed by atoms with Gasteiger partial charge in [-0.25, -0.2) is 0 Å². The number of hydrogen-bond donors (Lipinski definition) is 3. The fourth-order valence-electron chi connectivity index (χ4n) is 6.04. The number of likely N-dealkylation sites (tertiary alicyclic amines) is 1. The molecule has 5 nitrogen and oxygen atoms in total. The van der Waals surface area contributed by atoms with Gasteiger partial charge in [0.25, 0.3) is 0 Å². The molecule has 1 amide bonds. The fraction of sp³-hybridized carbons (Fsp3) is 0.464. The Balaban J connectivity index is 1.30. The first-order chi connectivity index (χ1) is 16.0. The van der Waals surface area contributed by atoms with E-state index in [2.05, 4.69) is 16.3 Å². The van der Waals surface area contributed by atoms with E-state index >= 15 is 0 Å². The maximum Gasteiger partial charge on any atom is 0.244 e. The highest BCUT2D eigenvalue weighted by Crippen LogP contribution is 2.50. The number of rotatable bonds is 6. The van der Waals surface area contributed by atoms with E-state index in [0.717, 1.165) is 50.3 Å². The van der Waals surface area contributed by atoms with Crippen molar-refractivity contribution < 1.29 is 15.0 Å². The number of phenolic OH excluding ortho intramolecular Hbond substituents is 2. The van der Waals surface area contributed by atoms with Crippen LogP contribution in [0.5, 0.6) is 11.5 Å². The lowest BCUT2D eigenvalue weighted by molar-refractivity contribution is -0.117. The second-order valence-electron chi connectivity index (χ2n) is 10.3. The Morgan fingerprint density at radius 1 is 1.06 bits per heavy atom. The van der Waals surface area contributed by atoms with Gasteiger partial charge in [-0.2, -0.15) is 0 Å². The summed E-state index contributed by atoms with van der Waals surface area (Å²) in [7, 11) is 0. The van der Waals surface area contributed by atoms with Crippen molar-refractivity contribution >= 4 is 12.0 Å². The Hall–Kier alpha value is -2.79. The molecule has 1 heterocycles. The molecule has 2 aromatic rings. The summed E-state index contributed by atoms with van der Waals surface area (Å²) in [6, 6.07) is 14.8. The van der Waals surface area contributed by atoms with Crippen LogP contribution in [0, 0.1) is 11.8 Å². The highest BCUT2D eigenvalue weighted by Gasteiger charge is 2.48. The predicted molar refractivity (Wildman–Crippen MR) is 130 cm³/mol. The number of phenols is 2. The van der Waals surface area contributed by atoms with Crippen molar-refractivity contribution in [3.8, 4) is 11.5 Å². The third-order valence-electron chi connectivity index (χ3n) is 7.89. The Kier molecular flexibility index (Phi) is 6.15. The molecule has 3 fully saturated rings. The van der Waals surface area contributed by atoms with Crippen molar-refractivity contribution in [2.24, 2.45) is 11.8 Å². The Morgan fingerprint density at radius 3 is 2.61 bits per heavy atom. The number of piperidine rings is 1. The number of nitrogens with zero attached hydrogens (tertiary/aromatic N) is 1. The zero-order valence-corrected chi connectivity index (χ0v) is 19.1. The molecule has 1 aliphatic heterocycles. The lowest BCUT2D eigenvalue weighted by atomic mass is 9.58. The normalized spacial score (nSPS) is 27.9. The number of carbonyl (C=O) groups excluding carboxylic acids is 1. The first kappa shape index (κ1) is 22.0. The molecule has 3 atom stereocenters. The van der Waals surface area contributed by atoms with Crippen LogP contribution in [0.4, 0.5) is 0 Å². The van der Waals surface area contributed by atoms with Crippen molar-refractivity contribution in [1.82, 2.24) is 10.2 Å². The number of fused-ring (bicyclic) bond motifs is 1. The molecule has 33 heavy (non-hydrogen) atoms. The van der Waals surface area contributed by atoms with Gasteiger partial charge in [-0.3, -0.25) is 4.79 Å². The molecule has 5 heteroatoms. The van der Waals surface area contributed by atoms with E-state index < -0.39 is 0 Å². The van der Waals surface area contributed by atoms with Crippen molar-refractivity contribution in [1.29, 1.82) is 0 Å². The van der Waals surface area contributed by atoms with Gasteiger partial charge in [0, 0.05) is 30.6 Å². The van der Waals surface area contributed by atoms with E-state index in [0.29, 0.717) is 11.7 Å². The lowest BCUT2D eigenvalue weighted by Crippen LogP contribution is -2.56. The summed E-state index contributed by atoms with van der Waals surface area (Å²) in [5.41, 5.74) is 2.00. The maximum atomic E-state index is 12.7. The summed E-state index contributed by atoms with van der Waals surface area (Å²) in [5.74, 6) is 1.85. The minimum Gasteiger partial charge on any atom is -0.508 e. The van der Waals surface area contributed by atoms with Crippen LogP contribution in [-0.4, -0.2) is 46.7 Å². The summed E-state index contributed by atoms with van der Waals surface area (Å²) in [5, 5.41) is 23.1. The van der Waals surface area contributed by atoms with E-state index in [1.807, 2.05) is 18.2 Å². The molecule has 5 rings (SSSR count). The first-order valence-electron chi connectivity index (χ1n) is 12.3. The van der Waals surface area contributed by atoms with Gasteiger partial charge < -0.3 is 20.4 Å². The summed E-state index contributed by atoms with van der Waals surface area (Å²) in [4.78, 5) is 15.3. The van der Waals surface area contributed by atoms with Crippen LogP contribution in [0.15, 0.2) is 54.6 Å². The minimum absolute atomic E-state index is 0.01000. The molecule has 3 aliphatic rings. The Morgan fingerprint density at radius 2 is 1.85 bits per heavy atom. The van der Waals surface area contributed by atoms with Crippen molar-refractivity contribution in [2.45, 2.75) is 50.0 Å². The zero-order valence-electron chi connectivity index (χ0n) is 19.1. The van der Waals surface area contributed by atoms with E-state index in [1.54, 1.807) is 36.4 Å². The molecule has 0 spiro atoms. The topological polar surface area (TPSA) is 72.8 Å². The second-order valence-corrected chi connectivity index (χ2v) is 10.3. The molecule has 2 aromatic carbocycles. The van der Waals surface area contributed by atoms with Gasteiger partial charge >= 0.3 is 0 Å². The smallest absolute Gasteiger partial charge is 0.244 e. The monoisotopic (exact) mass is 446 g/mol. The molecule has 174 valence electrons. The SMILES string of the molecule is O=C(C=Cc1cccc(O)c1)NC1CCC2CN(CC3CC3)CCC2(c2cccc(O)c2)C1. The van der Waals surface area contributed by atoms with Gasteiger partial charge in [0.2, 0.25) is 5.91 Å². The van der Waals surface area contributed by atoms with Crippen molar-refractivity contribution in [2.75, 3.05) is 19.6 Å². The van der Waals surface area contributed by atoms with Gasteiger partial charge in [0.15, 0.2) is 0 Å². The van der Waals surface area contributed by atoms with E-state index in [1.165, 1.54) is 24.9 Å². The average Bonchev–Trinajstić information content (AvgIpc) is 3.62. The van der Waals surface area contributed by atoms with E-state index in [4.69, 9.17) is 0 Å². The number of hydrogen-bond acceptors (Lipinski definition) is 4. The number of nitrogens with one attached hydrogen (secondary N) is 1. The van der Waals surface area contributed by atoms with Crippen LogP contribution in [0.1, 0.15) is 49.7 Å². The third-order valence-corrected chi connectivity index (χ3v) is 7.89. The number of benzene rings is 2. The molecule has 2 aliphatic carbocycles. The van der Waals surface area contributed by atoms with Crippen molar-refractivity contribution in [3.05, 3.63) is 65.7 Å². The second kappa shape index (κ2) is 9.22. The van der Waals surface area contributed by atoms with Crippen molar-refractivity contribution in [3.63, 3.8) is 0 Å². The van der Waals surface area contributed by atoms with Gasteiger partial charge in [0.05, 0.1) is 0 Å². The molecule has 0 bridgehead atoms. The summed E-state index contributed by atoms with van der Waals surface area (Å²) >= 11 is 0. The standard InChI is InChI=1S/C28H34N2O3/c31-25-5-1-3-20(15-25)9-12-27(33)29-24-11-10-23-19-30(18-21-7-8-21)14-13-28(23,17-24)22-4-2-6-26(32)16-22/h1-6,9,12,15-16,21,23-24,31-32H,7-8,10-11,13-14,17-19H2,(H,29,33). The molecular weight excluding hydrogens is 412 g/mol. The quantitative estimate of drug-likeness (QED) is 0.573. The van der Waals surface area contributed by atoms with Crippen LogP contribution < -0.4 is 5.32 Å². The number of amides is 1. The average molecular weight is 447 g/mol. The number of carbonyl (C=O) groups is 1. The van der Waals surface area contributed by atoms with Crippen LogP contribution >= 0.6 is 0 Å². The molecule has 0 radical (unpaired) electrons. The van der Waals surface area contributed by atoms with Gasteiger partial charge in [-0.05, 0) is 98.4 Å². The fourth-order valence-corrected chi connectivity index (χ4v) is 6.04. The van der Waals surface area contributed by atoms with E-state index in [-0.39, 0.29) is 23.1 Å². The predicted octanol–water partition coefficient (Wildman–Crippen LogP) is 4.45. The largest absolute Gasteiger partial charge is 0.508 e. The van der Waals surface area contributed by atoms with Crippen LogP contribution in [0.3, 0.4) is 0 Å². The summed E-state index contributed by atoms with van der Waals surface area (Å²) in [6.07, 6.45) is 10.1. The zero-order chi connectivity index (χ0) is 22.8. The highest BCUT2D eigenvalue weighted by molar-refractivity contribution is 5.92. The molecule has 1 saturated heterocycles. The molecular formula is C28H34N2O3. The summed E-state index contributed by atoms with van der Waals surface area (Å²) < 4.78 is 0. The lowest BCUT2D eigenvalue weighted by Gasteiger charge is -2.53. The van der Waals surface area contributed by atoms with E-state index in [9.17, 15) is 15.0 Å². The molecule has 2 saturated carbocycles. The highest BCUT2D eigenvalue weighted by atomic mass is 16.3. The first-order valence-corrected chi connectivity index (χ1v) is 12.3. The maximum absolute atomic E-state index is 12.7. The number of aromatic hydroxyl groups is 2. The van der Waals surface area contributed by atoms with Gasteiger partial charge in [0.1, 0.15) is 11.5 Å². The Bertz CT molecular complexity index is 1030.